The molecule has 1 amide bonds. The molecule has 2 nitrogen and oxygen atoms in total. The smallest absolute Gasteiger partial charge is 0.228 e. The average molecular weight is 181 g/mol. The number of hydrogen-bond donors (Lipinski definition) is 0. The zero-order valence-electron chi connectivity index (χ0n) is 8.68. The van der Waals surface area contributed by atoms with Crippen LogP contribution < -0.4 is 0 Å². The molecule has 2 fully saturated rings. The Morgan fingerprint density at radius 2 is 2.08 bits per heavy atom. The lowest BCUT2D eigenvalue weighted by atomic mass is 9.65. The molecule has 1 saturated heterocycles. The molecular weight excluding hydrogens is 162 g/mol. The zero-order chi connectivity index (χ0) is 9.47. The van der Waals surface area contributed by atoms with Crippen LogP contribution in [0.2, 0.25) is 0 Å². The number of carbonyl (C=O) groups excluding carboxylic acids is 1. The standard InChI is InChI=1S/C11H19NO/c1-3-11(5-4-6-11)10(13)12-7-9(2)8-12/h9H,3-8H2,1-2H3. The Morgan fingerprint density at radius 3 is 2.38 bits per heavy atom. The van der Waals surface area contributed by atoms with Crippen molar-refractivity contribution in [2.24, 2.45) is 11.3 Å². The zero-order valence-corrected chi connectivity index (χ0v) is 8.68. The molecule has 13 heavy (non-hydrogen) atoms. The van der Waals surface area contributed by atoms with E-state index >= 15 is 0 Å². The van der Waals surface area contributed by atoms with Crippen LogP contribution in [-0.2, 0) is 4.79 Å². The summed E-state index contributed by atoms with van der Waals surface area (Å²) < 4.78 is 0. The van der Waals surface area contributed by atoms with Crippen LogP contribution in [0.25, 0.3) is 0 Å². The van der Waals surface area contributed by atoms with Gasteiger partial charge in [0.2, 0.25) is 5.91 Å². The van der Waals surface area contributed by atoms with Crippen molar-refractivity contribution in [2.45, 2.75) is 39.5 Å². The van der Waals surface area contributed by atoms with Gasteiger partial charge < -0.3 is 4.90 Å². The van der Waals surface area contributed by atoms with Gasteiger partial charge in [-0.3, -0.25) is 4.79 Å². The summed E-state index contributed by atoms with van der Waals surface area (Å²) >= 11 is 0. The van der Waals surface area contributed by atoms with Crippen molar-refractivity contribution in [3.8, 4) is 0 Å². The Bertz CT molecular complexity index is 209. The molecule has 0 aromatic rings. The summed E-state index contributed by atoms with van der Waals surface area (Å²) in [4.78, 5) is 14.1. The summed E-state index contributed by atoms with van der Waals surface area (Å²) in [7, 11) is 0. The fourth-order valence-electron chi connectivity index (χ4n) is 2.52. The molecule has 0 atom stereocenters. The van der Waals surface area contributed by atoms with E-state index in [-0.39, 0.29) is 5.41 Å². The van der Waals surface area contributed by atoms with Gasteiger partial charge in [-0.15, -0.1) is 0 Å². The van der Waals surface area contributed by atoms with Gasteiger partial charge in [-0.25, -0.2) is 0 Å². The summed E-state index contributed by atoms with van der Waals surface area (Å²) in [6.07, 6.45) is 4.56. The first kappa shape index (κ1) is 9.04. The molecule has 0 aromatic carbocycles. The number of nitrogens with zero attached hydrogens (tertiary/aromatic N) is 1. The fourth-order valence-corrected chi connectivity index (χ4v) is 2.52. The van der Waals surface area contributed by atoms with E-state index < -0.39 is 0 Å². The second-order valence-corrected chi connectivity index (χ2v) is 4.80. The molecule has 0 aromatic heterocycles. The largest absolute Gasteiger partial charge is 0.342 e. The van der Waals surface area contributed by atoms with Gasteiger partial charge in [0.05, 0.1) is 0 Å². The quantitative estimate of drug-likeness (QED) is 0.638. The van der Waals surface area contributed by atoms with Crippen LogP contribution in [-0.4, -0.2) is 23.9 Å². The maximum atomic E-state index is 12.0. The van der Waals surface area contributed by atoms with E-state index in [1.165, 1.54) is 6.42 Å². The van der Waals surface area contributed by atoms with Gasteiger partial charge in [0.15, 0.2) is 0 Å². The van der Waals surface area contributed by atoms with Gasteiger partial charge in [0, 0.05) is 18.5 Å². The fraction of sp³-hybridized carbons (Fsp3) is 0.909. The van der Waals surface area contributed by atoms with Crippen LogP contribution in [0.5, 0.6) is 0 Å². The van der Waals surface area contributed by atoms with E-state index in [0.29, 0.717) is 5.91 Å². The predicted molar refractivity (Wildman–Crippen MR) is 52.3 cm³/mol. The molecule has 1 saturated carbocycles. The van der Waals surface area contributed by atoms with Gasteiger partial charge in [0.25, 0.3) is 0 Å². The van der Waals surface area contributed by atoms with E-state index in [0.717, 1.165) is 38.3 Å². The van der Waals surface area contributed by atoms with Crippen molar-refractivity contribution in [3.05, 3.63) is 0 Å². The lowest BCUT2D eigenvalue weighted by molar-refractivity contribution is -0.154. The van der Waals surface area contributed by atoms with E-state index in [2.05, 4.69) is 13.8 Å². The number of carbonyl (C=O) groups is 1. The number of likely N-dealkylation sites (tertiary alicyclic amines) is 1. The number of hydrogen-bond acceptors (Lipinski definition) is 1. The van der Waals surface area contributed by atoms with Crippen LogP contribution in [0.3, 0.4) is 0 Å². The summed E-state index contributed by atoms with van der Waals surface area (Å²) in [6, 6.07) is 0. The Balaban J connectivity index is 1.96. The molecule has 74 valence electrons. The highest BCUT2D eigenvalue weighted by atomic mass is 16.2. The van der Waals surface area contributed by atoms with Gasteiger partial charge in [-0.05, 0) is 25.2 Å². The van der Waals surface area contributed by atoms with Crippen LogP contribution in [0.4, 0.5) is 0 Å². The molecule has 1 heterocycles. The lowest BCUT2D eigenvalue weighted by Gasteiger charge is -2.47. The third-order valence-corrected chi connectivity index (χ3v) is 3.79. The molecule has 0 radical (unpaired) electrons. The molecule has 2 rings (SSSR count). The molecule has 0 spiro atoms. The molecular formula is C11H19NO. The number of rotatable bonds is 2. The average Bonchev–Trinajstić information content (AvgIpc) is 1.97. The minimum absolute atomic E-state index is 0.0696. The number of amides is 1. The van der Waals surface area contributed by atoms with Crippen LogP contribution in [0.1, 0.15) is 39.5 Å². The van der Waals surface area contributed by atoms with E-state index in [9.17, 15) is 4.79 Å². The van der Waals surface area contributed by atoms with Crippen molar-refractivity contribution in [1.82, 2.24) is 4.90 Å². The van der Waals surface area contributed by atoms with Crippen LogP contribution in [0.15, 0.2) is 0 Å². The second kappa shape index (κ2) is 3.00. The molecule has 0 N–H and O–H groups in total. The maximum Gasteiger partial charge on any atom is 0.228 e. The minimum Gasteiger partial charge on any atom is -0.342 e. The van der Waals surface area contributed by atoms with Crippen LogP contribution >= 0.6 is 0 Å². The monoisotopic (exact) mass is 181 g/mol. The summed E-state index contributed by atoms with van der Waals surface area (Å²) in [5.41, 5.74) is 0.0696. The van der Waals surface area contributed by atoms with Crippen LogP contribution in [0, 0.1) is 11.3 Å². The van der Waals surface area contributed by atoms with Crippen molar-refractivity contribution < 1.29 is 4.79 Å². The SMILES string of the molecule is CCC1(C(=O)N2CC(C)C2)CCC1. The Morgan fingerprint density at radius 1 is 1.46 bits per heavy atom. The first-order valence-electron chi connectivity index (χ1n) is 5.47. The van der Waals surface area contributed by atoms with Gasteiger partial charge >= 0.3 is 0 Å². The van der Waals surface area contributed by atoms with Gasteiger partial charge in [-0.1, -0.05) is 20.3 Å². The van der Waals surface area contributed by atoms with Gasteiger partial charge in [0.1, 0.15) is 0 Å². The third kappa shape index (κ3) is 1.27. The lowest BCUT2D eigenvalue weighted by Crippen LogP contribution is -2.56. The van der Waals surface area contributed by atoms with E-state index in [1.807, 2.05) is 4.90 Å². The van der Waals surface area contributed by atoms with Crippen molar-refractivity contribution in [3.63, 3.8) is 0 Å². The molecule has 2 aliphatic rings. The van der Waals surface area contributed by atoms with Crippen molar-refractivity contribution in [1.29, 1.82) is 0 Å². The van der Waals surface area contributed by atoms with Gasteiger partial charge in [-0.2, -0.15) is 0 Å². The summed E-state index contributed by atoms with van der Waals surface area (Å²) in [5.74, 6) is 1.18. The minimum atomic E-state index is 0.0696. The molecule has 0 unspecified atom stereocenters. The topological polar surface area (TPSA) is 20.3 Å². The summed E-state index contributed by atoms with van der Waals surface area (Å²) in [6.45, 7) is 6.37. The first-order valence-corrected chi connectivity index (χ1v) is 5.47. The second-order valence-electron chi connectivity index (χ2n) is 4.80. The normalized spacial score (nSPS) is 26.5. The summed E-state index contributed by atoms with van der Waals surface area (Å²) in [5, 5.41) is 0. The van der Waals surface area contributed by atoms with Crippen molar-refractivity contribution >= 4 is 5.91 Å². The Labute approximate surface area is 80.3 Å². The Hall–Kier alpha value is -0.530. The maximum absolute atomic E-state index is 12.0. The molecule has 2 heteroatoms. The van der Waals surface area contributed by atoms with Crippen molar-refractivity contribution in [2.75, 3.05) is 13.1 Å². The van der Waals surface area contributed by atoms with E-state index in [1.54, 1.807) is 0 Å². The Kier molecular flexibility index (Phi) is 2.09. The highest BCUT2D eigenvalue weighted by molar-refractivity contribution is 5.84. The first-order chi connectivity index (χ1) is 6.18. The third-order valence-electron chi connectivity index (χ3n) is 3.79. The highest BCUT2D eigenvalue weighted by Crippen LogP contribution is 2.46. The highest BCUT2D eigenvalue weighted by Gasteiger charge is 2.46. The molecule has 0 bridgehead atoms. The molecule has 1 aliphatic heterocycles. The van der Waals surface area contributed by atoms with E-state index in [4.69, 9.17) is 0 Å². The predicted octanol–water partition coefficient (Wildman–Crippen LogP) is 2.04. The molecule has 1 aliphatic carbocycles.